The largest absolute Gasteiger partial charge is 0.354 e. The number of aliphatic imine (C=N–C) groups is 1. The second kappa shape index (κ2) is 9.59. The van der Waals surface area contributed by atoms with Gasteiger partial charge in [-0.1, -0.05) is 109 Å². The van der Waals surface area contributed by atoms with E-state index < -0.39 is 0 Å². The lowest BCUT2D eigenvalue weighted by Gasteiger charge is -2.18. The Morgan fingerprint density at radius 2 is 0.974 bits per heavy atom. The van der Waals surface area contributed by atoms with E-state index in [9.17, 15) is 0 Å². The van der Waals surface area contributed by atoms with Crippen LogP contribution in [0.5, 0.6) is 0 Å². The third-order valence-electron chi connectivity index (χ3n) is 7.50. The standard InChI is InChI=1S/C37H26N2/c1-38-34-16-8-9-17-35(34)39-29-22-20-26(21-23-29)36-30-12-4-6-14-32(30)37(33-15-7-5-13-31(33)36)28-19-18-25-10-2-3-11-27(25)24-28/h2-24,39H,1H2. The summed E-state index contributed by atoms with van der Waals surface area (Å²) < 4.78 is 0. The van der Waals surface area contributed by atoms with Crippen LogP contribution in [0.2, 0.25) is 0 Å². The first-order valence-electron chi connectivity index (χ1n) is 13.2. The van der Waals surface area contributed by atoms with E-state index >= 15 is 0 Å². The Labute approximate surface area is 227 Å². The van der Waals surface area contributed by atoms with Crippen LogP contribution in [0, 0.1) is 0 Å². The Hall–Kier alpha value is -5.21. The van der Waals surface area contributed by atoms with Crippen molar-refractivity contribution in [2.24, 2.45) is 4.99 Å². The summed E-state index contributed by atoms with van der Waals surface area (Å²) in [7, 11) is 0. The molecule has 0 amide bonds. The normalized spacial score (nSPS) is 11.2. The van der Waals surface area contributed by atoms with Gasteiger partial charge in [-0.25, -0.2) is 0 Å². The molecule has 0 heterocycles. The van der Waals surface area contributed by atoms with Gasteiger partial charge in [0.05, 0.1) is 11.4 Å². The minimum atomic E-state index is 0.836. The molecule has 2 heteroatoms. The topological polar surface area (TPSA) is 24.4 Å². The van der Waals surface area contributed by atoms with Gasteiger partial charge in [0.1, 0.15) is 0 Å². The van der Waals surface area contributed by atoms with Crippen molar-refractivity contribution in [2.75, 3.05) is 5.32 Å². The SMILES string of the molecule is C=Nc1ccccc1Nc1ccc(-c2c3ccccc3c(-c3ccc4ccccc4c3)c3ccccc23)cc1. The number of fused-ring (bicyclic) bond motifs is 3. The van der Waals surface area contributed by atoms with E-state index in [0.29, 0.717) is 0 Å². The van der Waals surface area contributed by atoms with Gasteiger partial charge in [-0.05, 0) is 91.6 Å². The van der Waals surface area contributed by atoms with Crippen LogP contribution in [-0.2, 0) is 0 Å². The summed E-state index contributed by atoms with van der Waals surface area (Å²) >= 11 is 0. The lowest BCUT2D eigenvalue weighted by Crippen LogP contribution is -1.92. The van der Waals surface area contributed by atoms with Gasteiger partial charge in [0, 0.05) is 5.69 Å². The fraction of sp³-hybridized carbons (Fsp3) is 0. The Balaban J connectivity index is 1.41. The molecule has 0 aliphatic carbocycles. The maximum Gasteiger partial charge on any atom is 0.0857 e. The van der Waals surface area contributed by atoms with Crippen molar-refractivity contribution in [1.29, 1.82) is 0 Å². The Bertz CT molecular complexity index is 1940. The van der Waals surface area contributed by atoms with Gasteiger partial charge in [-0.15, -0.1) is 0 Å². The van der Waals surface area contributed by atoms with E-state index in [2.05, 4.69) is 132 Å². The molecular weight excluding hydrogens is 472 g/mol. The molecule has 0 spiro atoms. The quantitative estimate of drug-likeness (QED) is 0.185. The monoisotopic (exact) mass is 498 g/mol. The van der Waals surface area contributed by atoms with Gasteiger partial charge in [-0.3, -0.25) is 4.99 Å². The van der Waals surface area contributed by atoms with Crippen molar-refractivity contribution >= 4 is 56.1 Å². The third-order valence-corrected chi connectivity index (χ3v) is 7.50. The summed E-state index contributed by atoms with van der Waals surface area (Å²) in [6.45, 7) is 3.70. The molecule has 1 N–H and O–H groups in total. The highest BCUT2D eigenvalue weighted by Gasteiger charge is 2.16. The zero-order valence-electron chi connectivity index (χ0n) is 21.4. The molecule has 0 radical (unpaired) electrons. The van der Waals surface area contributed by atoms with Crippen molar-refractivity contribution in [2.45, 2.75) is 0 Å². The first-order chi connectivity index (χ1) is 19.3. The summed E-state index contributed by atoms with van der Waals surface area (Å²) in [5.41, 5.74) is 7.75. The summed E-state index contributed by atoms with van der Waals surface area (Å²) in [4.78, 5) is 4.14. The number of nitrogens with zero attached hydrogens (tertiary/aromatic N) is 1. The number of anilines is 2. The highest BCUT2D eigenvalue weighted by molar-refractivity contribution is 6.21. The first-order valence-corrected chi connectivity index (χ1v) is 13.2. The summed E-state index contributed by atoms with van der Waals surface area (Å²) in [5.74, 6) is 0. The first kappa shape index (κ1) is 22.9. The number of nitrogens with one attached hydrogen (secondary N) is 1. The number of benzene rings is 7. The molecule has 0 aliphatic rings. The molecule has 39 heavy (non-hydrogen) atoms. The molecule has 0 unspecified atom stereocenters. The van der Waals surface area contributed by atoms with Crippen LogP contribution in [0.4, 0.5) is 17.1 Å². The van der Waals surface area contributed by atoms with Gasteiger partial charge in [0.2, 0.25) is 0 Å². The highest BCUT2D eigenvalue weighted by atomic mass is 14.9. The minimum absolute atomic E-state index is 0.836. The molecular formula is C37H26N2. The molecule has 0 fully saturated rings. The van der Waals surface area contributed by atoms with Crippen molar-refractivity contribution in [3.63, 3.8) is 0 Å². The lowest BCUT2D eigenvalue weighted by atomic mass is 9.85. The number of hydrogen-bond donors (Lipinski definition) is 1. The van der Waals surface area contributed by atoms with Crippen LogP contribution in [0.3, 0.4) is 0 Å². The van der Waals surface area contributed by atoms with Crippen molar-refractivity contribution in [3.05, 3.63) is 140 Å². The van der Waals surface area contributed by atoms with Gasteiger partial charge in [0.25, 0.3) is 0 Å². The third kappa shape index (κ3) is 4.03. The number of para-hydroxylation sites is 2. The Kier molecular flexibility index (Phi) is 5.64. The summed E-state index contributed by atoms with van der Waals surface area (Å²) in [5, 5.41) is 11.0. The van der Waals surface area contributed by atoms with Crippen LogP contribution >= 0.6 is 0 Å². The van der Waals surface area contributed by atoms with Crippen molar-refractivity contribution in [3.8, 4) is 22.3 Å². The average molecular weight is 499 g/mol. The fourth-order valence-corrected chi connectivity index (χ4v) is 5.69. The van der Waals surface area contributed by atoms with E-state index in [4.69, 9.17) is 0 Å². The van der Waals surface area contributed by atoms with Crippen LogP contribution in [0.15, 0.2) is 145 Å². The van der Waals surface area contributed by atoms with E-state index in [0.717, 1.165) is 17.1 Å². The molecule has 2 nitrogen and oxygen atoms in total. The Morgan fingerprint density at radius 3 is 1.62 bits per heavy atom. The van der Waals surface area contributed by atoms with Crippen LogP contribution in [-0.4, -0.2) is 6.72 Å². The predicted molar refractivity (Wildman–Crippen MR) is 169 cm³/mol. The average Bonchev–Trinajstić information content (AvgIpc) is 3.00. The molecule has 184 valence electrons. The number of rotatable bonds is 5. The van der Waals surface area contributed by atoms with Crippen LogP contribution in [0.25, 0.3) is 54.6 Å². The van der Waals surface area contributed by atoms with Gasteiger partial charge in [0.15, 0.2) is 0 Å². The second-order valence-electron chi connectivity index (χ2n) is 9.78. The van der Waals surface area contributed by atoms with Crippen molar-refractivity contribution < 1.29 is 0 Å². The van der Waals surface area contributed by atoms with E-state index in [-0.39, 0.29) is 0 Å². The lowest BCUT2D eigenvalue weighted by molar-refractivity contribution is 1.49. The molecule has 0 atom stereocenters. The zero-order chi connectivity index (χ0) is 26.2. The molecule has 0 saturated heterocycles. The molecule has 0 bridgehead atoms. The van der Waals surface area contributed by atoms with Gasteiger partial charge >= 0.3 is 0 Å². The maximum atomic E-state index is 4.14. The predicted octanol–water partition coefficient (Wildman–Crippen LogP) is 10.6. The smallest absolute Gasteiger partial charge is 0.0857 e. The van der Waals surface area contributed by atoms with E-state index in [1.54, 1.807) is 0 Å². The summed E-state index contributed by atoms with van der Waals surface area (Å²) in [6, 6.07) is 49.6. The van der Waals surface area contributed by atoms with Crippen molar-refractivity contribution in [1.82, 2.24) is 0 Å². The molecule has 0 saturated carbocycles. The molecule has 7 aromatic rings. The Morgan fingerprint density at radius 1 is 0.462 bits per heavy atom. The molecule has 0 aromatic heterocycles. The number of hydrogen-bond acceptors (Lipinski definition) is 2. The van der Waals surface area contributed by atoms with Gasteiger partial charge in [-0.2, -0.15) is 0 Å². The van der Waals surface area contributed by atoms with E-state index in [1.165, 1.54) is 54.6 Å². The van der Waals surface area contributed by atoms with Crippen LogP contribution < -0.4 is 5.32 Å². The molecule has 0 aliphatic heterocycles. The zero-order valence-corrected chi connectivity index (χ0v) is 21.4. The maximum absolute atomic E-state index is 4.14. The summed E-state index contributed by atoms with van der Waals surface area (Å²) in [6.07, 6.45) is 0. The second-order valence-corrected chi connectivity index (χ2v) is 9.78. The fourth-order valence-electron chi connectivity index (χ4n) is 5.69. The molecule has 7 aromatic carbocycles. The van der Waals surface area contributed by atoms with Crippen LogP contribution in [0.1, 0.15) is 0 Å². The molecule has 7 rings (SSSR count). The minimum Gasteiger partial charge on any atom is -0.354 e. The van der Waals surface area contributed by atoms with Gasteiger partial charge < -0.3 is 5.32 Å². The van der Waals surface area contributed by atoms with E-state index in [1.807, 2.05) is 24.3 Å². The highest BCUT2D eigenvalue weighted by Crippen LogP contribution is 2.44.